The molecule has 1 saturated carbocycles. The summed E-state index contributed by atoms with van der Waals surface area (Å²) < 4.78 is 5.49. The zero-order valence-electron chi connectivity index (χ0n) is 14.8. The summed E-state index contributed by atoms with van der Waals surface area (Å²) >= 11 is 0. The van der Waals surface area contributed by atoms with E-state index < -0.39 is 5.60 Å². The second-order valence-corrected chi connectivity index (χ2v) is 7.72. The van der Waals surface area contributed by atoms with E-state index in [4.69, 9.17) is 10.5 Å². The Morgan fingerprint density at radius 3 is 2.42 bits per heavy atom. The molecule has 24 heavy (non-hydrogen) atoms. The van der Waals surface area contributed by atoms with E-state index in [1.165, 1.54) is 24.0 Å². The zero-order chi connectivity index (χ0) is 17.3. The van der Waals surface area contributed by atoms with Gasteiger partial charge in [-0.25, -0.2) is 4.79 Å². The summed E-state index contributed by atoms with van der Waals surface area (Å²) in [5.41, 5.74) is 9.84. The van der Waals surface area contributed by atoms with Crippen LogP contribution in [0.4, 0.5) is 10.5 Å². The van der Waals surface area contributed by atoms with Crippen LogP contribution in [-0.4, -0.2) is 29.7 Å². The van der Waals surface area contributed by atoms with E-state index in [0.717, 1.165) is 24.1 Å². The summed E-state index contributed by atoms with van der Waals surface area (Å²) in [6.07, 6.45) is 3.80. The smallest absolute Gasteiger partial charge is 0.410 e. The van der Waals surface area contributed by atoms with Crippen molar-refractivity contribution in [1.82, 2.24) is 4.90 Å². The molecule has 0 radical (unpaired) electrons. The fourth-order valence-corrected chi connectivity index (χ4v) is 2.82. The van der Waals surface area contributed by atoms with Gasteiger partial charge in [0.15, 0.2) is 0 Å². The molecule has 1 heterocycles. The molecule has 0 aromatic heterocycles. The minimum absolute atomic E-state index is 0.239. The van der Waals surface area contributed by atoms with Gasteiger partial charge in [0.2, 0.25) is 0 Å². The molecule has 4 heteroatoms. The van der Waals surface area contributed by atoms with E-state index in [2.05, 4.69) is 17.9 Å². The number of anilines is 1. The molecule has 1 amide bonds. The quantitative estimate of drug-likeness (QED) is 0.587. The number of amides is 1. The number of carbonyl (C=O) groups is 1. The fraction of sp³-hybridized carbons (Fsp3) is 0.550. The Balaban J connectivity index is 1.73. The van der Waals surface area contributed by atoms with Crippen molar-refractivity contribution in [3.63, 3.8) is 0 Å². The third kappa shape index (κ3) is 4.23. The van der Waals surface area contributed by atoms with Crippen LogP contribution in [0, 0.1) is 17.8 Å². The molecular formula is C20H26N2O2. The molecule has 1 aliphatic heterocycles. The first kappa shape index (κ1) is 16.7. The predicted molar refractivity (Wildman–Crippen MR) is 95.7 cm³/mol. The minimum atomic E-state index is -0.466. The maximum absolute atomic E-state index is 12.3. The van der Waals surface area contributed by atoms with Gasteiger partial charge in [-0.05, 0) is 69.7 Å². The second-order valence-electron chi connectivity index (χ2n) is 7.72. The van der Waals surface area contributed by atoms with E-state index in [1.54, 1.807) is 4.90 Å². The summed E-state index contributed by atoms with van der Waals surface area (Å²) in [6.45, 7) is 7.00. The molecule has 0 spiro atoms. The second kappa shape index (κ2) is 6.39. The molecule has 128 valence electrons. The highest BCUT2D eigenvalue weighted by Crippen LogP contribution is 2.28. The Morgan fingerprint density at radius 1 is 1.21 bits per heavy atom. The first-order valence-corrected chi connectivity index (χ1v) is 8.72. The van der Waals surface area contributed by atoms with Crippen LogP contribution >= 0.6 is 0 Å². The van der Waals surface area contributed by atoms with Crippen molar-refractivity contribution in [3.8, 4) is 11.8 Å². The van der Waals surface area contributed by atoms with E-state index in [1.807, 2.05) is 26.8 Å². The van der Waals surface area contributed by atoms with Crippen LogP contribution in [0.3, 0.4) is 0 Å². The van der Waals surface area contributed by atoms with Gasteiger partial charge >= 0.3 is 6.09 Å². The van der Waals surface area contributed by atoms with Gasteiger partial charge in [0.05, 0.1) is 0 Å². The number of fused-ring (bicyclic) bond motifs is 1. The zero-order valence-corrected chi connectivity index (χ0v) is 14.8. The monoisotopic (exact) mass is 326 g/mol. The number of nitrogens with two attached hydrogens (primary N) is 1. The van der Waals surface area contributed by atoms with Crippen LogP contribution in [0.5, 0.6) is 0 Å². The number of rotatable bonds is 0. The van der Waals surface area contributed by atoms with Crippen molar-refractivity contribution < 1.29 is 9.53 Å². The number of carbonyl (C=O) groups excluding carboxylic acids is 1. The fourth-order valence-electron chi connectivity index (χ4n) is 2.82. The molecule has 0 unspecified atom stereocenters. The number of benzene rings is 1. The van der Waals surface area contributed by atoms with Crippen LogP contribution in [0.15, 0.2) is 12.1 Å². The van der Waals surface area contributed by atoms with Gasteiger partial charge in [-0.1, -0.05) is 11.8 Å². The molecule has 0 atom stereocenters. The standard InChI is InChI=1S/C20H26N2O2/c1-20(2,3)24-19(23)22-10-8-15-12-17(7-6-14-4-5-14)18(21)13-16(15)9-11-22/h12-14H,4-5,8-11,21H2,1-3H3. The lowest BCUT2D eigenvalue weighted by Crippen LogP contribution is -2.38. The average Bonchev–Trinajstić information content (AvgIpc) is 3.29. The molecule has 1 aliphatic carbocycles. The largest absolute Gasteiger partial charge is 0.444 e. The highest BCUT2D eigenvalue weighted by atomic mass is 16.6. The van der Waals surface area contributed by atoms with Crippen molar-refractivity contribution in [2.75, 3.05) is 18.8 Å². The summed E-state index contributed by atoms with van der Waals surface area (Å²) in [6, 6.07) is 4.14. The van der Waals surface area contributed by atoms with Gasteiger partial charge in [0.1, 0.15) is 5.60 Å². The normalized spacial score (nSPS) is 17.4. The van der Waals surface area contributed by atoms with Crippen LogP contribution in [0.2, 0.25) is 0 Å². The molecular weight excluding hydrogens is 300 g/mol. The van der Waals surface area contributed by atoms with Crippen molar-refractivity contribution >= 4 is 11.8 Å². The van der Waals surface area contributed by atoms with Gasteiger partial charge in [-0.15, -0.1) is 0 Å². The summed E-state index contributed by atoms with van der Waals surface area (Å²) in [7, 11) is 0. The number of ether oxygens (including phenoxy) is 1. The SMILES string of the molecule is CC(C)(C)OC(=O)N1CCc2cc(N)c(C#CC3CC3)cc2CC1. The Hall–Kier alpha value is -2.15. The third-order valence-corrected chi connectivity index (χ3v) is 4.31. The molecule has 0 bridgehead atoms. The molecule has 3 rings (SSSR count). The number of hydrogen-bond donors (Lipinski definition) is 1. The Kier molecular flexibility index (Phi) is 4.45. The molecule has 2 N–H and O–H groups in total. The maximum atomic E-state index is 12.3. The third-order valence-electron chi connectivity index (χ3n) is 4.31. The van der Waals surface area contributed by atoms with E-state index >= 15 is 0 Å². The van der Waals surface area contributed by atoms with Crippen LogP contribution in [0.1, 0.15) is 50.3 Å². The van der Waals surface area contributed by atoms with Crippen molar-refractivity contribution in [1.29, 1.82) is 0 Å². The van der Waals surface area contributed by atoms with Gasteiger partial charge in [0, 0.05) is 30.3 Å². The number of hydrogen-bond acceptors (Lipinski definition) is 3. The van der Waals surface area contributed by atoms with E-state index in [9.17, 15) is 4.79 Å². The highest BCUT2D eigenvalue weighted by Gasteiger charge is 2.24. The summed E-state index contributed by atoms with van der Waals surface area (Å²) in [5, 5.41) is 0. The highest BCUT2D eigenvalue weighted by molar-refractivity contribution is 5.68. The van der Waals surface area contributed by atoms with Gasteiger partial charge < -0.3 is 15.4 Å². The van der Waals surface area contributed by atoms with Crippen molar-refractivity contribution in [2.24, 2.45) is 5.92 Å². The van der Waals surface area contributed by atoms with Crippen molar-refractivity contribution in [2.45, 2.75) is 52.1 Å². The van der Waals surface area contributed by atoms with E-state index in [-0.39, 0.29) is 6.09 Å². The van der Waals surface area contributed by atoms with Gasteiger partial charge in [-0.2, -0.15) is 0 Å². The lowest BCUT2D eigenvalue weighted by molar-refractivity contribution is 0.0258. The molecule has 1 aromatic carbocycles. The average molecular weight is 326 g/mol. The van der Waals surface area contributed by atoms with Crippen LogP contribution in [0.25, 0.3) is 0 Å². The van der Waals surface area contributed by atoms with Crippen LogP contribution < -0.4 is 5.73 Å². The summed E-state index contributed by atoms with van der Waals surface area (Å²) in [5.74, 6) is 7.07. The topological polar surface area (TPSA) is 55.6 Å². The lowest BCUT2D eigenvalue weighted by Gasteiger charge is -2.26. The molecule has 1 fully saturated rings. The molecule has 2 aliphatic rings. The molecule has 4 nitrogen and oxygen atoms in total. The Labute approximate surface area is 144 Å². The first-order valence-electron chi connectivity index (χ1n) is 8.72. The summed E-state index contributed by atoms with van der Waals surface area (Å²) in [4.78, 5) is 14.1. The van der Waals surface area contributed by atoms with Crippen molar-refractivity contribution in [3.05, 3.63) is 28.8 Å². The predicted octanol–water partition coefficient (Wildman–Crippen LogP) is 3.37. The van der Waals surface area contributed by atoms with Gasteiger partial charge in [0.25, 0.3) is 0 Å². The van der Waals surface area contributed by atoms with Crippen LogP contribution in [-0.2, 0) is 17.6 Å². The van der Waals surface area contributed by atoms with E-state index in [0.29, 0.717) is 19.0 Å². The number of nitrogen functional groups attached to an aromatic ring is 1. The minimum Gasteiger partial charge on any atom is -0.444 e. The molecule has 0 saturated heterocycles. The Morgan fingerprint density at radius 2 is 1.83 bits per heavy atom. The molecule has 1 aromatic rings. The first-order chi connectivity index (χ1) is 11.3. The van der Waals surface area contributed by atoms with Gasteiger partial charge in [-0.3, -0.25) is 0 Å². The Bertz CT molecular complexity index is 703. The maximum Gasteiger partial charge on any atom is 0.410 e. The number of nitrogens with zero attached hydrogens (tertiary/aromatic N) is 1. The lowest BCUT2D eigenvalue weighted by atomic mass is 9.98.